The van der Waals surface area contributed by atoms with Crippen molar-refractivity contribution in [1.29, 1.82) is 0 Å². The second-order valence-corrected chi connectivity index (χ2v) is 9.89. The number of hydrogen-bond donors (Lipinski definition) is 3. The highest BCUT2D eigenvalue weighted by atomic mass is 16.6. The number of ether oxygens (including phenoxy) is 1. The zero-order chi connectivity index (χ0) is 26.7. The van der Waals surface area contributed by atoms with Crippen LogP contribution in [0.15, 0.2) is 42.5 Å². The first kappa shape index (κ1) is 28.9. The molecule has 9 heteroatoms. The van der Waals surface area contributed by atoms with Crippen LogP contribution in [0.4, 0.5) is 4.79 Å². The molecule has 1 aliphatic rings. The van der Waals surface area contributed by atoms with E-state index in [1.807, 2.05) is 56.3 Å². The molecular weight excluding hydrogens is 462 g/mol. The molecule has 1 aliphatic heterocycles. The van der Waals surface area contributed by atoms with Gasteiger partial charge in [0.1, 0.15) is 18.2 Å². The second kappa shape index (κ2) is 14.3. The fourth-order valence-corrected chi connectivity index (χ4v) is 4.21. The van der Waals surface area contributed by atoms with E-state index in [0.29, 0.717) is 32.1 Å². The summed E-state index contributed by atoms with van der Waals surface area (Å²) >= 11 is 0. The molecule has 1 aromatic carbocycles. The molecule has 0 bridgehead atoms. The lowest BCUT2D eigenvalue weighted by molar-refractivity contribution is -0.143. The molecule has 0 saturated carbocycles. The maximum atomic E-state index is 13.1. The molecule has 2 rings (SSSR count). The highest BCUT2D eigenvalue weighted by Gasteiger charge is 2.32. The molecule has 0 saturated heterocycles. The zero-order valence-corrected chi connectivity index (χ0v) is 21.6. The Morgan fingerprint density at radius 2 is 1.81 bits per heavy atom. The summed E-state index contributed by atoms with van der Waals surface area (Å²) < 4.78 is 5.71. The Balaban J connectivity index is 2.33. The first-order chi connectivity index (χ1) is 17.1. The number of amides is 3. The number of carboxylic acids is 1. The number of nitrogens with one attached hydrogen (secondary N) is 2. The van der Waals surface area contributed by atoms with Crippen molar-refractivity contribution in [2.24, 2.45) is 11.8 Å². The van der Waals surface area contributed by atoms with E-state index in [9.17, 15) is 24.3 Å². The van der Waals surface area contributed by atoms with Gasteiger partial charge in [0.2, 0.25) is 11.8 Å². The van der Waals surface area contributed by atoms with Gasteiger partial charge in [-0.1, -0.05) is 56.3 Å². The van der Waals surface area contributed by atoms with Crippen LogP contribution in [0.2, 0.25) is 0 Å². The van der Waals surface area contributed by atoms with E-state index in [1.54, 1.807) is 14.1 Å². The van der Waals surface area contributed by atoms with E-state index < -0.39 is 42.1 Å². The predicted octanol–water partition coefficient (Wildman–Crippen LogP) is 3.14. The van der Waals surface area contributed by atoms with Crippen molar-refractivity contribution in [3.63, 3.8) is 0 Å². The molecule has 1 heterocycles. The number of allylic oxidation sites excluding steroid dienone is 2. The van der Waals surface area contributed by atoms with Gasteiger partial charge in [0, 0.05) is 26.4 Å². The lowest BCUT2D eigenvalue weighted by Crippen LogP contribution is -2.53. The molecule has 3 N–H and O–H groups in total. The lowest BCUT2D eigenvalue weighted by Gasteiger charge is -2.26. The van der Waals surface area contributed by atoms with Gasteiger partial charge in [0.05, 0.1) is 0 Å². The van der Waals surface area contributed by atoms with Crippen LogP contribution in [-0.2, 0) is 25.5 Å². The Labute approximate surface area is 213 Å². The van der Waals surface area contributed by atoms with E-state index in [4.69, 9.17) is 4.74 Å². The van der Waals surface area contributed by atoms with Crippen molar-refractivity contribution >= 4 is 23.9 Å². The van der Waals surface area contributed by atoms with Crippen LogP contribution in [0.3, 0.4) is 0 Å². The topological polar surface area (TPSA) is 125 Å². The average Bonchev–Trinajstić information content (AvgIpc) is 2.81. The largest absolute Gasteiger partial charge is 0.480 e. The molecule has 9 nitrogen and oxygen atoms in total. The molecule has 0 spiro atoms. The monoisotopic (exact) mass is 501 g/mol. The molecule has 2 unspecified atom stereocenters. The summed E-state index contributed by atoms with van der Waals surface area (Å²) in [4.78, 5) is 52.0. The maximum Gasteiger partial charge on any atom is 0.408 e. The Bertz CT molecular complexity index is 915. The third-order valence-electron chi connectivity index (χ3n) is 6.06. The van der Waals surface area contributed by atoms with Gasteiger partial charge in [-0.3, -0.25) is 9.59 Å². The van der Waals surface area contributed by atoms with E-state index in [2.05, 4.69) is 10.6 Å². The van der Waals surface area contributed by atoms with Gasteiger partial charge < -0.3 is 25.4 Å². The predicted molar refractivity (Wildman–Crippen MR) is 136 cm³/mol. The Kier molecular flexibility index (Phi) is 11.4. The summed E-state index contributed by atoms with van der Waals surface area (Å²) in [5, 5.41) is 14.9. The highest BCUT2D eigenvalue weighted by molar-refractivity contribution is 5.89. The van der Waals surface area contributed by atoms with Gasteiger partial charge >= 0.3 is 12.1 Å². The summed E-state index contributed by atoms with van der Waals surface area (Å²) in [6, 6.07) is 7.44. The Hall–Kier alpha value is -3.36. The number of cyclic esters (lactones) is 1. The van der Waals surface area contributed by atoms with Gasteiger partial charge in [-0.2, -0.15) is 0 Å². The van der Waals surface area contributed by atoms with E-state index >= 15 is 0 Å². The van der Waals surface area contributed by atoms with Crippen molar-refractivity contribution in [3.8, 4) is 0 Å². The fourth-order valence-electron chi connectivity index (χ4n) is 4.21. The Morgan fingerprint density at radius 3 is 2.42 bits per heavy atom. The summed E-state index contributed by atoms with van der Waals surface area (Å²) in [6.45, 7) is 3.81. The van der Waals surface area contributed by atoms with Crippen molar-refractivity contribution in [1.82, 2.24) is 15.5 Å². The van der Waals surface area contributed by atoms with Crippen molar-refractivity contribution in [2.75, 3.05) is 14.1 Å². The molecule has 0 radical (unpaired) electrons. The molecule has 1 aromatic rings. The maximum absolute atomic E-state index is 13.1. The number of alkyl carbamates (subject to hydrolysis) is 1. The molecule has 0 aliphatic carbocycles. The highest BCUT2D eigenvalue weighted by Crippen LogP contribution is 2.18. The van der Waals surface area contributed by atoms with Crippen LogP contribution in [0, 0.1) is 11.8 Å². The van der Waals surface area contributed by atoms with Gasteiger partial charge in [-0.05, 0) is 43.6 Å². The number of nitrogens with zero attached hydrogens (tertiary/aromatic N) is 1. The molecule has 0 fully saturated rings. The number of carboxylic acid groups (broad SMARTS) is 1. The molecule has 36 heavy (non-hydrogen) atoms. The van der Waals surface area contributed by atoms with Crippen LogP contribution in [-0.4, -0.2) is 66.2 Å². The van der Waals surface area contributed by atoms with Crippen molar-refractivity contribution < 1.29 is 29.0 Å². The van der Waals surface area contributed by atoms with Crippen LogP contribution in [0.5, 0.6) is 0 Å². The average molecular weight is 502 g/mol. The molecule has 3 amide bonds. The van der Waals surface area contributed by atoms with Crippen LogP contribution >= 0.6 is 0 Å². The van der Waals surface area contributed by atoms with E-state index in [0.717, 1.165) is 5.56 Å². The number of carbonyl (C=O) groups is 4. The summed E-state index contributed by atoms with van der Waals surface area (Å²) in [5.74, 6) is -2.62. The van der Waals surface area contributed by atoms with Crippen molar-refractivity contribution in [3.05, 3.63) is 48.0 Å². The normalized spacial score (nSPS) is 24.0. The third kappa shape index (κ3) is 9.71. The number of benzene rings is 1. The second-order valence-electron chi connectivity index (χ2n) is 9.89. The van der Waals surface area contributed by atoms with Crippen LogP contribution in [0.25, 0.3) is 0 Å². The van der Waals surface area contributed by atoms with E-state index in [-0.39, 0.29) is 18.2 Å². The molecule has 0 aromatic heterocycles. The van der Waals surface area contributed by atoms with Crippen LogP contribution < -0.4 is 10.6 Å². The van der Waals surface area contributed by atoms with Gasteiger partial charge in [0.25, 0.3) is 0 Å². The lowest BCUT2D eigenvalue weighted by atomic mass is 9.94. The van der Waals surface area contributed by atoms with Crippen molar-refractivity contribution in [2.45, 2.75) is 70.6 Å². The summed E-state index contributed by atoms with van der Waals surface area (Å²) in [5.41, 5.74) is 1.02. The number of rotatable bonds is 6. The van der Waals surface area contributed by atoms with Gasteiger partial charge in [-0.25, -0.2) is 9.59 Å². The first-order valence-electron chi connectivity index (χ1n) is 12.5. The van der Waals surface area contributed by atoms with E-state index in [1.165, 1.54) is 4.90 Å². The molecule has 198 valence electrons. The fraction of sp³-hybridized carbons (Fsp3) is 0.556. The van der Waals surface area contributed by atoms with Gasteiger partial charge in [0.15, 0.2) is 0 Å². The minimum absolute atomic E-state index is 0.0544. The SMILES string of the molecule is CC(C)C[C@@H]1NC(=O)OC(Cc2ccccc2)CCC=CCC(C(=O)N(C)C)C[C@@H](C(=O)O)NC1=O. The van der Waals surface area contributed by atoms with Crippen LogP contribution in [0.1, 0.15) is 51.5 Å². The number of aliphatic carboxylic acids is 1. The minimum Gasteiger partial charge on any atom is -0.480 e. The smallest absolute Gasteiger partial charge is 0.408 e. The number of hydrogen-bond acceptors (Lipinski definition) is 5. The molecule has 4 atom stereocenters. The zero-order valence-electron chi connectivity index (χ0n) is 21.6. The van der Waals surface area contributed by atoms with Gasteiger partial charge in [-0.15, -0.1) is 0 Å². The Morgan fingerprint density at radius 1 is 1.11 bits per heavy atom. The first-order valence-corrected chi connectivity index (χ1v) is 12.5. The quantitative estimate of drug-likeness (QED) is 0.515. The number of carbonyl (C=O) groups excluding carboxylic acids is 3. The minimum atomic E-state index is -1.27. The molecular formula is C27H39N3O6. The summed E-state index contributed by atoms with van der Waals surface area (Å²) in [7, 11) is 3.24. The third-order valence-corrected chi connectivity index (χ3v) is 6.06. The summed E-state index contributed by atoms with van der Waals surface area (Å²) in [6.07, 6.45) is 4.92. The standard InChI is InChI=1S/C27H39N3O6/c1-18(2)15-22-24(31)28-23(26(33)34)17-20(25(32)30(3)4)13-9-6-10-14-21(36-27(35)29-22)16-19-11-7-5-8-12-19/h5-9,11-12,18,20-23H,10,13-17H2,1-4H3,(H,28,31)(H,29,35)(H,33,34)/t20?,21?,22-,23-/m0/s1.